The molecule has 0 spiro atoms. The number of carbonyl (C=O) groups excluding carboxylic acids is 1. The van der Waals surface area contributed by atoms with Crippen molar-refractivity contribution >= 4 is 83.1 Å². The van der Waals surface area contributed by atoms with Gasteiger partial charge < -0.3 is 4.74 Å². The zero-order valence-electron chi connectivity index (χ0n) is 15.8. The Morgan fingerprint density at radius 3 is 2.32 bits per heavy atom. The first-order valence-electron chi connectivity index (χ1n) is 8.94. The van der Waals surface area contributed by atoms with Crippen LogP contribution in [0.5, 0.6) is 5.75 Å². The number of amides is 1. The lowest BCUT2D eigenvalue weighted by Gasteiger charge is -2.12. The van der Waals surface area contributed by atoms with Crippen molar-refractivity contribution in [2.75, 3.05) is 0 Å². The average molecular weight is 650 g/mol. The van der Waals surface area contributed by atoms with Crippen LogP contribution in [0.15, 0.2) is 73.1 Å². The lowest BCUT2D eigenvalue weighted by molar-refractivity contribution is -0.120. The summed E-state index contributed by atoms with van der Waals surface area (Å²) in [6.45, 7) is 0.284. The number of benzene rings is 3. The number of rotatable bonds is 7. The number of halogens is 5. The molecular weight excluding hydrogens is 635 g/mol. The minimum Gasteiger partial charge on any atom is -0.486 e. The van der Waals surface area contributed by atoms with Crippen molar-refractivity contribution in [3.63, 3.8) is 0 Å². The first-order chi connectivity index (χ1) is 14.8. The number of carbonyl (C=O) groups is 1. The summed E-state index contributed by atoms with van der Waals surface area (Å²) >= 11 is 22.5. The van der Waals surface area contributed by atoms with Crippen molar-refractivity contribution in [1.29, 1.82) is 0 Å². The van der Waals surface area contributed by atoms with E-state index in [0.717, 1.165) is 30.1 Å². The molecule has 0 radical (unpaired) electrons. The number of nitrogens with one attached hydrogen (secondary N) is 1. The first kappa shape index (κ1) is 24.3. The molecule has 4 nitrogen and oxygen atoms in total. The number of hydrazone groups is 1. The normalized spacial score (nSPS) is 11.0. The third-order valence-electron chi connectivity index (χ3n) is 4.09. The van der Waals surface area contributed by atoms with Gasteiger partial charge in [-0.25, -0.2) is 5.43 Å². The highest BCUT2D eigenvalue weighted by Crippen LogP contribution is 2.35. The van der Waals surface area contributed by atoms with Crippen LogP contribution in [0, 0.1) is 0 Å². The van der Waals surface area contributed by atoms with Gasteiger partial charge in [0.15, 0.2) is 0 Å². The predicted molar refractivity (Wildman–Crippen MR) is 136 cm³/mol. The SMILES string of the molecule is O=C(Cc1ccc(Br)cc1)N/N=C\c1cc(Br)c(OCc2ccc(Cl)cc2Cl)c(Br)c1. The summed E-state index contributed by atoms with van der Waals surface area (Å²) in [7, 11) is 0. The van der Waals surface area contributed by atoms with E-state index in [9.17, 15) is 4.79 Å². The highest BCUT2D eigenvalue weighted by atomic mass is 79.9. The summed E-state index contributed by atoms with van der Waals surface area (Å²) < 4.78 is 8.34. The van der Waals surface area contributed by atoms with Gasteiger partial charge in [-0.2, -0.15) is 5.10 Å². The Morgan fingerprint density at radius 1 is 1.00 bits per heavy atom. The highest BCUT2D eigenvalue weighted by Gasteiger charge is 2.10. The molecule has 1 amide bonds. The third kappa shape index (κ3) is 7.32. The quantitative estimate of drug-likeness (QED) is 0.212. The molecule has 0 saturated heterocycles. The van der Waals surface area contributed by atoms with E-state index in [1.807, 2.05) is 42.5 Å². The standard InChI is InChI=1S/C22H15Br3Cl2N2O2/c23-16-4-1-13(2-5-16)9-21(30)29-28-11-14-7-18(24)22(19(25)8-14)31-12-15-3-6-17(26)10-20(15)27/h1-8,10-11H,9,12H2,(H,29,30)/b28-11-. The third-order valence-corrected chi connectivity index (χ3v) is 6.38. The Morgan fingerprint density at radius 2 is 1.68 bits per heavy atom. The predicted octanol–water partition coefficient (Wildman–Crippen LogP) is 7.55. The molecule has 0 saturated carbocycles. The fraction of sp³-hybridized carbons (Fsp3) is 0.0909. The molecule has 9 heteroatoms. The summed E-state index contributed by atoms with van der Waals surface area (Å²) in [5.41, 5.74) is 5.04. The van der Waals surface area contributed by atoms with E-state index in [1.165, 1.54) is 0 Å². The van der Waals surface area contributed by atoms with E-state index >= 15 is 0 Å². The molecule has 0 aliphatic rings. The summed E-state index contributed by atoms with van der Waals surface area (Å²) in [4.78, 5) is 12.0. The molecular formula is C22H15Br3Cl2N2O2. The maximum atomic E-state index is 12.0. The van der Waals surface area contributed by atoms with Crippen molar-refractivity contribution in [1.82, 2.24) is 5.43 Å². The summed E-state index contributed by atoms with van der Waals surface area (Å²) in [5, 5.41) is 5.15. The van der Waals surface area contributed by atoms with Gasteiger partial charge in [0.2, 0.25) is 5.91 Å². The van der Waals surface area contributed by atoms with Crippen LogP contribution in [0.2, 0.25) is 10.0 Å². The Labute approximate surface area is 215 Å². The van der Waals surface area contributed by atoms with Crippen molar-refractivity contribution in [3.8, 4) is 5.75 Å². The van der Waals surface area contributed by atoms with E-state index in [2.05, 4.69) is 58.3 Å². The Balaban J connectivity index is 1.60. The molecule has 0 aliphatic heterocycles. The Bertz CT molecular complexity index is 1100. The maximum Gasteiger partial charge on any atom is 0.244 e. The van der Waals surface area contributed by atoms with Gasteiger partial charge in [-0.1, -0.05) is 57.3 Å². The highest BCUT2D eigenvalue weighted by molar-refractivity contribution is 9.11. The van der Waals surface area contributed by atoms with Crippen molar-refractivity contribution in [2.24, 2.45) is 5.10 Å². The molecule has 31 heavy (non-hydrogen) atoms. The zero-order chi connectivity index (χ0) is 22.4. The number of hydrogen-bond acceptors (Lipinski definition) is 3. The van der Waals surface area contributed by atoms with Crippen LogP contribution in [0.25, 0.3) is 0 Å². The van der Waals surface area contributed by atoms with Gasteiger partial charge in [-0.15, -0.1) is 0 Å². The summed E-state index contributed by atoms with van der Waals surface area (Å²) in [5.74, 6) is 0.430. The van der Waals surface area contributed by atoms with Crippen LogP contribution >= 0.6 is 71.0 Å². The molecule has 160 valence electrons. The Hall–Kier alpha value is -1.38. The molecule has 0 aliphatic carbocycles. The van der Waals surface area contributed by atoms with Crippen molar-refractivity contribution in [2.45, 2.75) is 13.0 Å². The smallest absolute Gasteiger partial charge is 0.244 e. The molecule has 0 heterocycles. The van der Waals surface area contributed by atoms with Crippen LogP contribution in [0.3, 0.4) is 0 Å². The fourth-order valence-electron chi connectivity index (χ4n) is 2.59. The number of hydrogen-bond donors (Lipinski definition) is 1. The minimum absolute atomic E-state index is 0.198. The van der Waals surface area contributed by atoms with E-state index in [1.54, 1.807) is 18.3 Å². The van der Waals surface area contributed by atoms with E-state index in [-0.39, 0.29) is 18.9 Å². The summed E-state index contributed by atoms with van der Waals surface area (Å²) in [6.07, 6.45) is 1.81. The summed E-state index contributed by atoms with van der Waals surface area (Å²) in [6, 6.07) is 16.5. The fourth-order valence-corrected chi connectivity index (χ4v) is 4.76. The van der Waals surface area contributed by atoms with E-state index in [0.29, 0.717) is 15.8 Å². The topological polar surface area (TPSA) is 50.7 Å². The van der Waals surface area contributed by atoms with Gasteiger partial charge in [-0.05, 0) is 79.4 Å². The van der Waals surface area contributed by atoms with E-state index < -0.39 is 0 Å². The molecule has 0 bridgehead atoms. The van der Waals surface area contributed by atoms with Crippen LogP contribution in [-0.4, -0.2) is 12.1 Å². The largest absolute Gasteiger partial charge is 0.486 e. The van der Waals surface area contributed by atoms with Crippen molar-refractivity contribution in [3.05, 3.63) is 94.8 Å². The zero-order valence-corrected chi connectivity index (χ0v) is 22.1. The van der Waals surface area contributed by atoms with Crippen LogP contribution in [-0.2, 0) is 17.8 Å². The van der Waals surface area contributed by atoms with Crippen LogP contribution in [0.1, 0.15) is 16.7 Å². The number of ether oxygens (including phenoxy) is 1. The second kappa shape index (κ2) is 11.5. The molecule has 3 rings (SSSR count). The number of nitrogens with zero attached hydrogens (tertiary/aromatic N) is 1. The lowest BCUT2D eigenvalue weighted by Crippen LogP contribution is -2.19. The van der Waals surface area contributed by atoms with Gasteiger partial charge in [-0.3, -0.25) is 4.79 Å². The molecule has 0 fully saturated rings. The monoisotopic (exact) mass is 646 g/mol. The van der Waals surface area contributed by atoms with Gasteiger partial charge >= 0.3 is 0 Å². The molecule has 0 aromatic heterocycles. The molecule has 3 aromatic rings. The van der Waals surface area contributed by atoms with Gasteiger partial charge in [0.25, 0.3) is 0 Å². The van der Waals surface area contributed by atoms with Crippen LogP contribution in [0.4, 0.5) is 0 Å². The second-order valence-corrected chi connectivity index (χ2v) is 9.90. The second-order valence-electron chi connectivity index (χ2n) is 6.43. The van der Waals surface area contributed by atoms with Gasteiger partial charge in [0.1, 0.15) is 12.4 Å². The molecule has 0 atom stereocenters. The first-order valence-corrected chi connectivity index (χ1v) is 12.1. The maximum absolute atomic E-state index is 12.0. The van der Waals surface area contributed by atoms with Gasteiger partial charge in [0.05, 0.1) is 21.6 Å². The molecule has 0 unspecified atom stereocenters. The van der Waals surface area contributed by atoms with Crippen LogP contribution < -0.4 is 10.2 Å². The van der Waals surface area contributed by atoms with E-state index in [4.69, 9.17) is 27.9 Å². The molecule has 1 N–H and O–H groups in total. The minimum atomic E-state index is -0.198. The van der Waals surface area contributed by atoms with Crippen molar-refractivity contribution < 1.29 is 9.53 Å². The lowest BCUT2D eigenvalue weighted by atomic mass is 10.1. The van der Waals surface area contributed by atoms with Gasteiger partial charge in [0, 0.05) is 20.1 Å². The Kier molecular flexibility index (Phi) is 8.98. The molecule has 3 aromatic carbocycles. The average Bonchev–Trinajstić information content (AvgIpc) is 2.70.